The van der Waals surface area contributed by atoms with Crippen molar-refractivity contribution in [2.75, 3.05) is 23.3 Å². The van der Waals surface area contributed by atoms with E-state index in [4.69, 9.17) is 6.57 Å². The molecule has 4 heterocycles. The van der Waals surface area contributed by atoms with Crippen molar-refractivity contribution < 1.29 is 33.0 Å². The molecule has 2 aromatic carbocycles. The zero-order valence-corrected chi connectivity index (χ0v) is 27.8. The smallest absolute Gasteiger partial charge is 0.329 e. The molecular weight excluding hydrogens is 655 g/mol. The minimum absolute atomic E-state index is 0.0181. The molecular formula is C35H36F3N7O5. The minimum Gasteiger partial charge on any atom is -0.392 e. The molecule has 0 saturated carbocycles. The molecule has 0 radical (unpaired) electrons. The van der Waals surface area contributed by atoms with Crippen molar-refractivity contribution in [1.29, 1.82) is 0 Å². The van der Waals surface area contributed by atoms with Crippen LogP contribution in [0.5, 0.6) is 0 Å². The molecule has 15 heteroatoms. The molecule has 262 valence electrons. The van der Waals surface area contributed by atoms with E-state index in [0.717, 1.165) is 6.07 Å². The summed E-state index contributed by atoms with van der Waals surface area (Å²) < 4.78 is 49.9. The lowest BCUT2D eigenvalue weighted by Gasteiger charge is -2.45. The molecule has 6 rings (SSSR count). The summed E-state index contributed by atoms with van der Waals surface area (Å²) >= 11 is 0. The predicted octanol–water partition coefficient (Wildman–Crippen LogP) is 4.93. The van der Waals surface area contributed by atoms with Crippen LogP contribution in [0.2, 0.25) is 0 Å². The van der Waals surface area contributed by atoms with Crippen molar-refractivity contribution in [3.63, 3.8) is 0 Å². The Balaban J connectivity index is 1.36. The molecule has 2 amide bonds. The van der Waals surface area contributed by atoms with Gasteiger partial charge < -0.3 is 20.4 Å². The molecule has 1 fully saturated rings. The number of nitrogens with zero attached hydrogens (tertiary/aromatic N) is 6. The summed E-state index contributed by atoms with van der Waals surface area (Å²) in [7, 11) is 0. The topological polar surface area (TPSA) is 137 Å². The van der Waals surface area contributed by atoms with E-state index in [2.05, 4.69) is 15.1 Å². The number of benzene rings is 2. The Hall–Kier alpha value is -5.20. The highest BCUT2D eigenvalue weighted by Gasteiger charge is 2.57. The van der Waals surface area contributed by atoms with Crippen molar-refractivity contribution >= 4 is 45.9 Å². The second-order valence-corrected chi connectivity index (χ2v) is 13.6. The van der Waals surface area contributed by atoms with Gasteiger partial charge in [0.05, 0.1) is 47.0 Å². The number of imide groups is 1. The number of aliphatic hydroxyl groups excluding tert-OH is 1. The first-order valence-electron chi connectivity index (χ1n) is 16.1. The Labute approximate surface area is 285 Å². The predicted molar refractivity (Wildman–Crippen MR) is 180 cm³/mol. The monoisotopic (exact) mass is 691 g/mol. The number of amides is 2. The quantitative estimate of drug-likeness (QED) is 0.166. The zero-order chi connectivity index (χ0) is 36.3. The average Bonchev–Trinajstić information content (AvgIpc) is 3.45. The van der Waals surface area contributed by atoms with E-state index in [1.165, 1.54) is 45.2 Å². The number of hydrogen-bond acceptors (Lipinski definition) is 8. The Morgan fingerprint density at radius 2 is 1.72 bits per heavy atom. The number of piperidine rings is 1. The summed E-state index contributed by atoms with van der Waals surface area (Å²) in [5.74, 6) is -7.91. The summed E-state index contributed by atoms with van der Waals surface area (Å²) in [6.07, 6.45) is -0.587. The van der Waals surface area contributed by atoms with Crippen LogP contribution in [0.1, 0.15) is 54.8 Å². The van der Waals surface area contributed by atoms with Gasteiger partial charge in [0.1, 0.15) is 11.9 Å². The summed E-state index contributed by atoms with van der Waals surface area (Å²) in [5, 5.41) is 23.2. The van der Waals surface area contributed by atoms with E-state index in [9.17, 15) is 24.6 Å². The number of imidazole rings is 1. The number of rotatable bonds is 9. The highest BCUT2D eigenvalue weighted by Crippen LogP contribution is 2.43. The second-order valence-electron chi connectivity index (χ2n) is 13.6. The van der Waals surface area contributed by atoms with E-state index in [1.54, 1.807) is 39.0 Å². The highest BCUT2D eigenvalue weighted by atomic mass is 19.3. The molecule has 50 heavy (non-hydrogen) atoms. The van der Waals surface area contributed by atoms with Crippen molar-refractivity contribution in [1.82, 2.24) is 19.0 Å². The maximum atomic E-state index is 15.8. The highest BCUT2D eigenvalue weighted by molar-refractivity contribution is 6.21. The summed E-state index contributed by atoms with van der Waals surface area (Å²) in [4.78, 5) is 49.5. The number of fused-ring (bicyclic) bond motifs is 2. The van der Waals surface area contributed by atoms with Crippen LogP contribution in [0.15, 0.2) is 53.3 Å². The number of aromatic nitrogens is 3. The minimum atomic E-state index is -3.48. The Morgan fingerprint density at radius 3 is 2.32 bits per heavy atom. The van der Waals surface area contributed by atoms with Gasteiger partial charge in [-0.15, -0.1) is 0 Å². The van der Waals surface area contributed by atoms with Crippen molar-refractivity contribution in [2.24, 2.45) is 5.92 Å². The van der Waals surface area contributed by atoms with Crippen LogP contribution in [-0.2, 0) is 13.1 Å². The van der Waals surface area contributed by atoms with Crippen molar-refractivity contribution in [2.45, 2.75) is 70.9 Å². The fourth-order valence-corrected chi connectivity index (χ4v) is 6.55. The van der Waals surface area contributed by atoms with Gasteiger partial charge >= 0.3 is 5.69 Å². The van der Waals surface area contributed by atoms with Gasteiger partial charge in [0.25, 0.3) is 17.7 Å². The van der Waals surface area contributed by atoms with Gasteiger partial charge in [-0.05, 0) is 63.6 Å². The van der Waals surface area contributed by atoms with Crippen LogP contribution in [0, 0.1) is 18.3 Å². The molecule has 0 spiro atoms. The number of pyridine rings is 1. The first kappa shape index (κ1) is 34.7. The Bertz CT molecular complexity index is 2080. The number of aliphatic hydroxyl groups is 2. The van der Waals surface area contributed by atoms with Crippen LogP contribution in [0.3, 0.4) is 0 Å². The SMILES string of the molecule is [C-]#[N+]c1cc(F)c(Nc2ccc3c(c2)n(CCC(C)(C)O)c(=O)n3C[C@H](C)O)nc1N1C[C@H](C)C(F)(F)[C@H](N2C(=O)c3ccccc3C2=O)C1. The fraction of sp³-hybridized carbons (Fsp3) is 0.400. The number of carbonyl (C=O) groups is 2. The number of hydrogen-bond donors (Lipinski definition) is 3. The van der Waals surface area contributed by atoms with Crippen LogP contribution in [0.4, 0.5) is 36.2 Å². The van der Waals surface area contributed by atoms with Crippen LogP contribution in [-0.4, -0.2) is 77.8 Å². The normalized spacial score (nSPS) is 19.5. The third kappa shape index (κ3) is 6.09. The standard InChI is InChI=1S/C35H36F3N7O5/c1-19-16-42(18-28(35(19,37)38)45-31(47)22-8-6-7-9-23(22)32(45)48)30-25(39-5)15-24(36)29(41-30)40-21-10-11-26-27(14-21)43(13-12-34(3,4)50)33(49)44(26)17-20(2)46/h6-11,14-15,19-20,28,46,50H,12-13,16-18H2,1-4H3,(H,40,41)/t19-,20-,28+/m0/s1. The van der Waals surface area contributed by atoms with E-state index < -0.39 is 59.5 Å². The van der Waals surface area contributed by atoms with E-state index >= 15 is 13.2 Å². The number of nitrogens with one attached hydrogen (secondary N) is 1. The average molecular weight is 692 g/mol. The summed E-state index contributed by atoms with van der Waals surface area (Å²) in [5.41, 5.74) is -0.437. The Kier molecular flexibility index (Phi) is 8.73. The summed E-state index contributed by atoms with van der Waals surface area (Å²) in [6.45, 7) is 13.1. The maximum Gasteiger partial charge on any atom is 0.329 e. The molecule has 0 aliphatic carbocycles. The molecule has 3 atom stereocenters. The number of anilines is 3. The molecule has 1 saturated heterocycles. The van der Waals surface area contributed by atoms with E-state index in [-0.39, 0.29) is 54.5 Å². The van der Waals surface area contributed by atoms with Gasteiger partial charge in [-0.1, -0.05) is 19.1 Å². The number of aryl methyl sites for hydroxylation is 1. The van der Waals surface area contributed by atoms with Crippen molar-refractivity contribution in [3.8, 4) is 0 Å². The van der Waals surface area contributed by atoms with Crippen molar-refractivity contribution in [3.05, 3.63) is 87.4 Å². The largest absolute Gasteiger partial charge is 0.392 e. The lowest BCUT2D eigenvalue weighted by molar-refractivity contribution is -0.111. The molecule has 0 bridgehead atoms. The van der Waals surface area contributed by atoms with Crippen LogP contribution >= 0.6 is 0 Å². The number of halogens is 3. The molecule has 4 aromatic rings. The lowest BCUT2D eigenvalue weighted by atomic mass is 9.89. The van der Waals surface area contributed by atoms with Gasteiger partial charge in [-0.25, -0.2) is 27.8 Å². The number of alkyl halides is 2. The van der Waals surface area contributed by atoms with Gasteiger partial charge in [-0.2, -0.15) is 0 Å². The summed E-state index contributed by atoms with van der Waals surface area (Å²) in [6, 6.07) is 9.71. The molecule has 2 aliphatic rings. The second kappa shape index (κ2) is 12.6. The van der Waals surface area contributed by atoms with Crippen LogP contribution in [0.25, 0.3) is 15.9 Å². The van der Waals surface area contributed by atoms with E-state index in [1.807, 2.05) is 0 Å². The van der Waals surface area contributed by atoms with Crippen LogP contribution < -0.4 is 15.9 Å². The Morgan fingerprint density at radius 1 is 1.06 bits per heavy atom. The first-order valence-corrected chi connectivity index (χ1v) is 16.1. The maximum absolute atomic E-state index is 15.8. The first-order chi connectivity index (χ1) is 23.5. The molecule has 2 aliphatic heterocycles. The van der Waals surface area contributed by atoms with Gasteiger partial charge in [-0.3, -0.25) is 23.6 Å². The molecule has 3 N–H and O–H groups in total. The number of carbonyl (C=O) groups excluding carboxylic acids is 2. The molecule has 2 aromatic heterocycles. The van der Waals surface area contributed by atoms with Gasteiger partial charge in [0.2, 0.25) is 5.69 Å². The van der Waals surface area contributed by atoms with Gasteiger partial charge in [0, 0.05) is 31.2 Å². The van der Waals surface area contributed by atoms with Gasteiger partial charge in [0.15, 0.2) is 11.6 Å². The fourth-order valence-electron chi connectivity index (χ4n) is 6.55. The third-order valence-corrected chi connectivity index (χ3v) is 9.16. The molecule has 0 unspecified atom stereocenters. The lowest BCUT2D eigenvalue weighted by Crippen LogP contribution is -2.63. The van der Waals surface area contributed by atoms with E-state index in [0.29, 0.717) is 21.6 Å². The zero-order valence-electron chi connectivity index (χ0n) is 27.8. The molecule has 12 nitrogen and oxygen atoms in total. The third-order valence-electron chi connectivity index (χ3n) is 9.16.